The predicted molar refractivity (Wildman–Crippen MR) is 112 cm³/mol. The molecule has 1 aliphatic rings. The van der Waals surface area contributed by atoms with Gasteiger partial charge in [0.1, 0.15) is 12.2 Å². The minimum atomic E-state index is -0.537. The highest BCUT2D eigenvalue weighted by Crippen LogP contribution is 2.24. The number of hydrogen-bond acceptors (Lipinski definition) is 6. The molecule has 1 amide bonds. The predicted octanol–water partition coefficient (Wildman–Crippen LogP) is 3.88. The van der Waals surface area contributed by atoms with Gasteiger partial charge in [0.25, 0.3) is 0 Å². The van der Waals surface area contributed by atoms with Crippen molar-refractivity contribution in [1.82, 2.24) is 19.7 Å². The van der Waals surface area contributed by atoms with Gasteiger partial charge < -0.3 is 9.47 Å². The monoisotopic (exact) mass is 420 g/mol. The second-order valence-corrected chi connectivity index (χ2v) is 8.35. The van der Waals surface area contributed by atoms with E-state index in [0.29, 0.717) is 24.5 Å². The molecule has 3 heterocycles. The van der Waals surface area contributed by atoms with Crippen LogP contribution in [0.4, 0.5) is 4.79 Å². The number of carbonyl (C=O) groups excluding carboxylic acids is 2. The Morgan fingerprint density at radius 2 is 1.84 bits per heavy atom. The van der Waals surface area contributed by atoms with Crippen molar-refractivity contribution in [1.29, 1.82) is 0 Å². The summed E-state index contributed by atoms with van der Waals surface area (Å²) in [4.78, 5) is 30.4. The van der Waals surface area contributed by atoms with Crippen LogP contribution in [-0.2, 0) is 29.2 Å². The van der Waals surface area contributed by atoms with Gasteiger partial charge in [-0.15, -0.1) is 0 Å². The van der Waals surface area contributed by atoms with E-state index < -0.39 is 11.6 Å². The Labute approximate surface area is 180 Å². The molecule has 0 saturated heterocycles. The summed E-state index contributed by atoms with van der Waals surface area (Å²) in [5.74, 6) is 0.150. The molecule has 0 radical (unpaired) electrons. The van der Waals surface area contributed by atoms with Gasteiger partial charge in [0.2, 0.25) is 0 Å². The molecule has 3 aromatic rings. The maximum absolute atomic E-state index is 12.2. The summed E-state index contributed by atoms with van der Waals surface area (Å²) in [6.07, 6.45) is 2.96. The largest absolute Gasteiger partial charge is 0.457 e. The molecule has 0 N–H and O–H groups in total. The van der Waals surface area contributed by atoms with E-state index in [0.717, 1.165) is 16.8 Å². The van der Waals surface area contributed by atoms with Crippen LogP contribution in [0, 0.1) is 0 Å². The molecule has 1 aliphatic heterocycles. The second kappa shape index (κ2) is 8.22. The van der Waals surface area contributed by atoms with E-state index in [1.807, 2.05) is 57.3 Å². The second-order valence-electron chi connectivity index (χ2n) is 8.35. The van der Waals surface area contributed by atoms with Gasteiger partial charge in [-0.1, -0.05) is 30.3 Å². The Morgan fingerprint density at radius 1 is 1.06 bits per heavy atom. The summed E-state index contributed by atoms with van der Waals surface area (Å²) in [5.41, 5.74) is 2.51. The minimum Gasteiger partial charge on any atom is -0.457 e. The quantitative estimate of drug-likeness (QED) is 0.596. The lowest BCUT2D eigenvalue weighted by atomic mass is 10.2. The first-order valence-electron chi connectivity index (χ1n) is 10.0. The fraction of sp³-hybridized carbons (Fsp3) is 0.304. The molecular formula is C23H24N4O4. The first kappa shape index (κ1) is 20.6. The Hall–Kier alpha value is -3.68. The molecule has 0 saturated carbocycles. The Kier molecular flexibility index (Phi) is 5.46. The molecule has 0 bridgehead atoms. The van der Waals surface area contributed by atoms with E-state index in [2.05, 4.69) is 10.1 Å². The number of benzene rings is 1. The van der Waals surface area contributed by atoms with E-state index in [-0.39, 0.29) is 12.7 Å². The smallest absolute Gasteiger partial charge is 0.410 e. The minimum absolute atomic E-state index is 0.210. The standard InChI is InChI=1S/C23H24N4O4/c1-23(2,3)31-22(29)26-12-18-13-27(25-19(18)14-26)20-10-9-17(11-24-20)21(28)30-15-16-7-5-4-6-8-16/h4-11,13H,12,14-15H2,1-3H3. The van der Waals surface area contributed by atoms with Gasteiger partial charge in [0.05, 0.1) is 24.3 Å². The highest BCUT2D eigenvalue weighted by Gasteiger charge is 2.30. The summed E-state index contributed by atoms with van der Waals surface area (Å²) >= 11 is 0. The fourth-order valence-corrected chi connectivity index (χ4v) is 3.17. The molecule has 31 heavy (non-hydrogen) atoms. The lowest BCUT2D eigenvalue weighted by Gasteiger charge is -2.24. The number of nitrogens with zero attached hydrogens (tertiary/aromatic N) is 4. The van der Waals surface area contributed by atoms with Gasteiger partial charge in [-0.2, -0.15) is 5.10 Å². The van der Waals surface area contributed by atoms with Gasteiger partial charge in [-0.25, -0.2) is 19.3 Å². The summed E-state index contributed by atoms with van der Waals surface area (Å²) in [5, 5.41) is 4.53. The molecule has 0 fully saturated rings. The zero-order valence-electron chi connectivity index (χ0n) is 17.7. The van der Waals surface area contributed by atoms with Crippen molar-refractivity contribution < 1.29 is 19.1 Å². The van der Waals surface area contributed by atoms with Crippen molar-refractivity contribution >= 4 is 12.1 Å². The average molecular weight is 420 g/mol. The van der Waals surface area contributed by atoms with Crippen LogP contribution in [0.2, 0.25) is 0 Å². The first-order valence-corrected chi connectivity index (χ1v) is 10.0. The van der Waals surface area contributed by atoms with E-state index in [9.17, 15) is 9.59 Å². The molecular weight excluding hydrogens is 396 g/mol. The Morgan fingerprint density at radius 3 is 2.48 bits per heavy atom. The lowest BCUT2D eigenvalue weighted by Crippen LogP contribution is -2.33. The molecule has 8 heteroatoms. The topological polar surface area (TPSA) is 86.5 Å². The van der Waals surface area contributed by atoms with Crippen molar-refractivity contribution in [3.8, 4) is 5.82 Å². The number of aromatic nitrogens is 3. The van der Waals surface area contributed by atoms with Crippen molar-refractivity contribution in [2.24, 2.45) is 0 Å². The molecule has 2 aromatic heterocycles. The summed E-state index contributed by atoms with van der Waals surface area (Å²) < 4.78 is 12.4. The van der Waals surface area contributed by atoms with Gasteiger partial charge in [-0.05, 0) is 38.5 Å². The van der Waals surface area contributed by atoms with Crippen LogP contribution >= 0.6 is 0 Å². The van der Waals surface area contributed by atoms with Crippen molar-refractivity contribution in [3.63, 3.8) is 0 Å². The van der Waals surface area contributed by atoms with Crippen LogP contribution in [0.5, 0.6) is 0 Å². The van der Waals surface area contributed by atoms with Crippen LogP contribution in [-0.4, -0.2) is 37.3 Å². The number of ether oxygens (including phenoxy) is 2. The lowest BCUT2D eigenvalue weighted by molar-refractivity contribution is 0.0239. The molecule has 1 aromatic carbocycles. The van der Waals surface area contributed by atoms with Gasteiger partial charge in [-0.3, -0.25) is 4.90 Å². The normalized spacial score (nSPS) is 13.1. The van der Waals surface area contributed by atoms with Gasteiger partial charge in [0, 0.05) is 18.0 Å². The van der Waals surface area contributed by atoms with E-state index in [4.69, 9.17) is 9.47 Å². The number of hydrogen-bond donors (Lipinski definition) is 0. The van der Waals surface area contributed by atoms with Crippen LogP contribution in [0.3, 0.4) is 0 Å². The van der Waals surface area contributed by atoms with E-state index >= 15 is 0 Å². The van der Waals surface area contributed by atoms with Gasteiger partial charge in [0.15, 0.2) is 5.82 Å². The third-order valence-corrected chi connectivity index (χ3v) is 4.66. The molecule has 0 aliphatic carbocycles. The van der Waals surface area contributed by atoms with Crippen molar-refractivity contribution in [3.05, 3.63) is 77.2 Å². The average Bonchev–Trinajstić information content (AvgIpc) is 3.31. The summed E-state index contributed by atoms with van der Waals surface area (Å²) in [7, 11) is 0. The van der Waals surface area contributed by atoms with Crippen LogP contribution in [0.25, 0.3) is 5.82 Å². The summed E-state index contributed by atoms with van der Waals surface area (Å²) in [6, 6.07) is 12.9. The number of fused-ring (bicyclic) bond motifs is 1. The highest BCUT2D eigenvalue weighted by molar-refractivity contribution is 5.89. The van der Waals surface area contributed by atoms with Gasteiger partial charge >= 0.3 is 12.1 Å². The van der Waals surface area contributed by atoms with Crippen molar-refractivity contribution in [2.45, 2.75) is 46.1 Å². The number of amides is 1. The molecule has 0 spiro atoms. The van der Waals surface area contributed by atoms with E-state index in [1.54, 1.807) is 21.7 Å². The number of pyridine rings is 1. The van der Waals surface area contributed by atoms with Crippen molar-refractivity contribution in [2.75, 3.05) is 0 Å². The molecule has 0 atom stereocenters. The third-order valence-electron chi connectivity index (χ3n) is 4.66. The van der Waals surface area contributed by atoms with Crippen LogP contribution in [0.15, 0.2) is 54.9 Å². The number of carbonyl (C=O) groups is 2. The Bertz CT molecular complexity index is 1060. The number of rotatable bonds is 4. The Balaban J connectivity index is 1.37. The van der Waals surface area contributed by atoms with Crippen LogP contribution < -0.4 is 0 Å². The first-order chi connectivity index (χ1) is 14.8. The maximum Gasteiger partial charge on any atom is 0.410 e. The zero-order chi connectivity index (χ0) is 22.0. The molecule has 4 rings (SSSR count). The summed E-state index contributed by atoms with van der Waals surface area (Å²) in [6.45, 7) is 6.56. The zero-order valence-corrected chi connectivity index (χ0v) is 17.7. The molecule has 160 valence electrons. The molecule has 8 nitrogen and oxygen atoms in total. The number of esters is 1. The fourth-order valence-electron chi connectivity index (χ4n) is 3.17. The van der Waals surface area contributed by atoms with E-state index in [1.165, 1.54) is 6.20 Å². The molecule has 0 unspecified atom stereocenters. The SMILES string of the molecule is CC(C)(C)OC(=O)N1Cc2cn(-c3ccc(C(=O)OCc4ccccc4)cn3)nc2C1. The van der Waals surface area contributed by atoms with Crippen LogP contribution in [0.1, 0.15) is 48.0 Å². The third kappa shape index (κ3) is 4.91. The highest BCUT2D eigenvalue weighted by atomic mass is 16.6. The maximum atomic E-state index is 12.2.